The number of halogens is 1. The van der Waals surface area contributed by atoms with Crippen molar-refractivity contribution >= 4 is 21.7 Å². The summed E-state index contributed by atoms with van der Waals surface area (Å²) < 4.78 is 6.97. The van der Waals surface area contributed by atoms with Crippen molar-refractivity contribution in [2.75, 3.05) is 0 Å². The Kier molecular flexibility index (Phi) is 7.60. The lowest BCUT2D eigenvalue weighted by Crippen LogP contribution is -2.16. The molecule has 3 aromatic carbocycles. The molecule has 31 heavy (non-hydrogen) atoms. The first kappa shape index (κ1) is 22.3. The van der Waals surface area contributed by atoms with Gasteiger partial charge in [0.15, 0.2) is 5.78 Å². The standard InChI is InChI=1S/C26H21BrN2O2/c1-18-6-2-3-7-20(18)17-31-26-9-5-4-8-23(26)24(21(15-28)16-29)14-25(30)19-10-12-22(27)13-11-19/h2-13,21,24H,14,17H2,1H3/t24-/m1/s1. The van der Waals surface area contributed by atoms with Crippen LogP contribution in [0.15, 0.2) is 77.3 Å². The summed E-state index contributed by atoms with van der Waals surface area (Å²) in [5, 5.41) is 19.2. The van der Waals surface area contributed by atoms with Crippen molar-refractivity contribution in [3.05, 3.63) is 99.5 Å². The highest BCUT2D eigenvalue weighted by Gasteiger charge is 2.29. The van der Waals surface area contributed by atoms with E-state index in [0.29, 0.717) is 23.5 Å². The number of ether oxygens (including phenoxy) is 1. The summed E-state index contributed by atoms with van der Waals surface area (Å²) >= 11 is 3.36. The van der Waals surface area contributed by atoms with Crippen LogP contribution in [0.4, 0.5) is 0 Å². The first-order valence-electron chi connectivity index (χ1n) is 9.87. The normalized spacial score (nSPS) is 11.4. The minimum absolute atomic E-state index is 0.0398. The molecule has 3 aromatic rings. The summed E-state index contributed by atoms with van der Waals surface area (Å²) in [5.74, 6) is -1.11. The molecule has 3 rings (SSSR count). The van der Waals surface area contributed by atoms with Gasteiger partial charge < -0.3 is 4.74 Å². The second-order valence-corrected chi connectivity index (χ2v) is 8.15. The lowest BCUT2D eigenvalue weighted by Gasteiger charge is -2.21. The van der Waals surface area contributed by atoms with Gasteiger partial charge in [0.05, 0.1) is 12.1 Å². The third-order valence-corrected chi connectivity index (χ3v) is 5.74. The Morgan fingerprint density at radius 3 is 2.29 bits per heavy atom. The number of rotatable bonds is 8. The van der Waals surface area contributed by atoms with Crippen LogP contribution in [0, 0.1) is 35.5 Å². The highest BCUT2D eigenvalue weighted by atomic mass is 79.9. The molecule has 0 fully saturated rings. The Balaban J connectivity index is 1.90. The van der Waals surface area contributed by atoms with E-state index < -0.39 is 11.8 Å². The van der Waals surface area contributed by atoms with E-state index >= 15 is 0 Å². The Morgan fingerprint density at radius 1 is 0.968 bits per heavy atom. The smallest absolute Gasteiger partial charge is 0.163 e. The fraction of sp³-hybridized carbons (Fsp3) is 0.192. The van der Waals surface area contributed by atoms with Crippen molar-refractivity contribution in [3.8, 4) is 17.9 Å². The van der Waals surface area contributed by atoms with E-state index in [4.69, 9.17) is 4.74 Å². The van der Waals surface area contributed by atoms with Crippen LogP contribution in [-0.4, -0.2) is 5.78 Å². The van der Waals surface area contributed by atoms with E-state index in [1.54, 1.807) is 24.3 Å². The highest BCUT2D eigenvalue weighted by molar-refractivity contribution is 9.10. The number of carbonyl (C=O) groups is 1. The van der Waals surface area contributed by atoms with Crippen LogP contribution in [0.25, 0.3) is 0 Å². The van der Waals surface area contributed by atoms with Crippen LogP contribution >= 0.6 is 15.9 Å². The van der Waals surface area contributed by atoms with E-state index in [9.17, 15) is 15.3 Å². The number of carbonyl (C=O) groups excluding carboxylic acids is 1. The monoisotopic (exact) mass is 472 g/mol. The van der Waals surface area contributed by atoms with Crippen molar-refractivity contribution in [1.82, 2.24) is 0 Å². The van der Waals surface area contributed by atoms with Gasteiger partial charge in [0.25, 0.3) is 0 Å². The minimum Gasteiger partial charge on any atom is -0.489 e. The molecule has 1 atom stereocenters. The molecule has 0 spiro atoms. The number of nitriles is 2. The molecule has 4 nitrogen and oxygen atoms in total. The fourth-order valence-electron chi connectivity index (χ4n) is 3.42. The van der Waals surface area contributed by atoms with Gasteiger partial charge in [-0.15, -0.1) is 0 Å². The van der Waals surface area contributed by atoms with E-state index in [1.807, 2.05) is 67.6 Å². The molecule has 0 unspecified atom stereocenters. The van der Waals surface area contributed by atoms with Crippen LogP contribution in [0.2, 0.25) is 0 Å². The number of hydrogen-bond acceptors (Lipinski definition) is 4. The summed E-state index contributed by atoms with van der Waals surface area (Å²) in [6, 6.07) is 26.4. The molecule has 0 bridgehead atoms. The fourth-order valence-corrected chi connectivity index (χ4v) is 3.68. The average Bonchev–Trinajstić information content (AvgIpc) is 2.79. The topological polar surface area (TPSA) is 73.9 Å². The number of para-hydroxylation sites is 1. The molecule has 0 amide bonds. The minimum atomic E-state index is -0.970. The maximum Gasteiger partial charge on any atom is 0.163 e. The quantitative estimate of drug-likeness (QED) is 0.357. The number of ketones is 1. The van der Waals surface area contributed by atoms with Gasteiger partial charge >= 0.3 is 0 Å². The number of benzene rings is 3. The van der Waals surface area contributed by atoms with Crippen LogP contribution < -0.4 is 4.74 Å². The largest absolute Gasteiger partial charge is 0.489 e. The van der Waals surface area contributed by atoms with E-state index in [0.717, 1.165) is 15.6 Å². The Hall–Kier alpha value is -3.41. The van der Waals surface area contributed by atoms with Gasteiger partial charge in [-0.2, -0.15) is 10.5 Å². The van der Waals surface area contributed by atoms with E-state index in [1.165, 1.54) is 0 Å². The third-order valence-electron chi connectivity index (χ3n) is 5.21. The zero-order valence-corrected chi connectivity index (χ0v) is 18.7. The lowest BCUT2D eigenvalue weighted by atomic mass is 9.82. The van der Waals surface area contributed by atoms with Crippen LogP contribution in [-0.2, 0) is 6.61 Å². The highest BCUT2D eigenvalue weighted by Crippen LogP contribution is 2.36. The van der Waals surface area contributed by atoms with Crippen LogP contribution in [0.1, 0.15) is 39.4 Å². The summed E-state index contributed by atoms with van der Waals surface area (Å²) in [4.78, 5) is 12.9. The molecule has 0 aliphatic rings. The van der Waals surface area contributed by atoms with Crippen molar-refractivity contribution < 1.29 is 9.53 Å². The molecule has 0 saturated heterocycles. The van der Waals surface area contributed by atoms with Crippen molar-refractivity contribution in [2.45, 2.75) is 25.9 Å². The van der Waals surface area contributed by atoms with Gasteiger partial charge in [-0.1, -0.05) is 70.5 Å². The maximum absolute atomic E-state index is 12.9. The zero-order chi connectivity index (χ0) is 22.2. The second-order valence-electron chi connectivity index (χ2n) is 7.23. The van der Waals surface area contributed by atoms with Crippen LogP contribution in [0.5, 0.6) is 5.75 Å². The van der Waals surface area contributed by atoms with E-state index in [2.05, 4.69) is 15.9 Å². The van der Waals surface area contributed by atoms with Crippen molar-refractivity contribution in [2.24, 2.45) is 5.92 Å². The maximum atomic E-state index is 12.9. The average molecular weight is 473 g/mol. The van der Waals surface area contributed by atoms with Gasteiger partial charge in [-0.3, -0.25) is 4.79 Å². The number of Topliss-reactive ketones (excluding diaryl/α,β-unsaturated/α-hetero) is 1. The lowest BCUT2D eigenvalue weighted by molar-refractivity contribution is 0.0970. The van der Waals surface area contributed by atoms with Gasteiger partial charge in [-0.25, -0.2) is 0 Å². The van der Waals surface area contributed by atoms with Gasteiger partial charge in [0.1, 0.15) is 18.3 Å². The first-order valence-corrected chi connectivity index (χ1v) is 10.7. The number of aryl methyl sites for hydroxylation is 1. The molecule has 0 heterocycles. The molecular formula is C26H21BrN2O2. The molecule has 154 valence electrons. The van der Waals surface area contributed by atoms with Crippen LogP contribution in [0.3, 0.4) is 0 Å². The van der Waals surface area contributed by atoms with Crippen molar-refractivity contribution in [3.63, 3.8) is 0 Å². The predicted molar refractivity (Wildman–Crippen MR) is 122 cm³/mol. The molecule has 0 N–H and O–H groups in total. The predicted octanol–water partition coefficient (Wildman–Crippen LogP) is 6.36. The second kappa shape index (κ2) is 10.6. The van der Waals surface area contributed by atoms with Gasteiger partial charge in [0.2, 0.25) is 0 Å². The molecule has 0 radical (unpaired) electrons. The summed E-state index contributed by atoms with van der Waals surface area (Å²) in [5.41, 5.74) is 3.40. The molecular weight excluding hydrogens is 452 g/mol. The molecule has 0 saturated carbocycles. The van der Waals surface area contributed by atoms with Crippen molar-refractivity contribution in [1.29, 1.82) is 10.5 Å². The summed E-state index contributed by atoms with van der Waals surface area (Å²) in [6.45, 7) is 2.38. The Bertz CT molecular complexity index is 1130. The van der Waals surface area contributed by atoms with Gasteiger partial charge in [0, 0.05) is 27.9 Å². The number of nitrogens with zero attached hydrogens (tertiary/aromatic N) is 2. The molecule has 0 aromatic heterocycles. The van der Waals surface area contributed by atoms with Gasteiger partial charge in [-0.05, 0) is 36.2 Å². The Morgan fingerprint density at radius 2 is 1.61 bits per heavy atom. The van der Waals surface area contributed by atoms with E-state index in [-0.39, 0.29) is 12.2 Å². The summed E-state index contributed by atoms with van der Waals surface area (Å²) in [7, 11) is 0. The summed E-state index contributed by atoms with van der Waals surface area (Å²) in [6.07, 6.45) is 0.0398. The Labute approximate surface area is 190 Å². The third kappa shape index (κ3) is 5.60. The SMILES string of the molecule is Cc1ccccc1COc1ccccc1[C@H](CC(=O)c1ccc(Br)cc1)C(C#N)C#N. The molecule has 5 heteroatoms. The zero-order valence-electron chi connectivity index (χ0n) is 17.1. The number of hydrogen-bond donors (Lipinski definition) is 0. The first-order chi connectivity index (χ1) is 15.0. The molecule has 0 aliphatic carbocycles. The molecule has 0 aliphatic heterocycles.